The molecule has 3 atom stereocenters. The average Bonchev–Trinajstić information content (AvgIpc) is 3.66. The van der Waals surface area contributed by atoms with Crippen LogP contribution in [-0.4, -0.2) is 73.5 Å². The first-order valence-corrected chi connectivity index (χ1v) is 17.0. The highest BCUT2D eigenvalue weighted by molar-refractivity contribution is 5.96. The molecule has 1 saturated heterocycles. The van der Waals surface area contributed by atoms with Gasteiger partial charge < -0.3 is 20.0 Å². The van der Waals surface area contributed by atoms with E-state index in [9.17, 15) is 23.8 Å². The normalized spacial score (nSPS) is 16.0. The Morgan fingerprint density at radius 1 is 0.885 bits per heavy atom. The summed E-state index contributed by atoms with van der Waals surface area (Å²) in [7, 11) is 0. The van der Waals surface area contributed by atoms with Crippen molar-refractivity contribution in [2.24, 2.45) is 5.92 Å². The van der Waals surface area contributed by atoms with Crippen LogP contribution in [0.25, 0.3) is 11.1 Å². The third kappa shape index (κ3) is 7.53. The molecule has 1 fully saturated rings. The van der Waals surface area contributed by atoms with Gasteiger partial charge in [0, 0.05) is 72.9 Å². The fourth-order valence-corrected chi connectivity index (χ4v) is 6.59. The van der Waals surface area contributed by atoms with Crippen LogP contribution in [-0.2, 0) is 18.1 Å². The Labute approximate surface area is 298 Å². The molecule has 0 bridgehead atoms. The maximum Gasteiger partial charge on any atom is 0.323 e. The van der Waals surface area contributed by atoms with Gasteiger partial charge in [0.25, 0.3) is 0 Å². The number of aliphatic hydroxyl groups excluding tert-OH is 1. The number of alkyl halides is 2. The van der Waals surface area contributed by atoms with Crippen molar-refractivity contribution in [3.8, 4) is 11.1 Å². The van der Waals surface area contributed by atoms with Gasteiger partial charge in [-0.05, 0) is 83.4 Å². The van der Waals surface area contributed by atoms with E-state index >= 15 is 8.78 Å². The molecule has 3 heterocycles. The summed E-state index contributed by atoms with van der Waals surface area (Å²) < 4.78 is 61.6. The first kappa shape index (κ1) is 36.6. The zero-order chi connectivity index (χ0) is 37.0. The Kier molecular flexibility index (Phi) is 10.7. The van der Waals surface area contributed by atoms with E-state index in [1.54, 1.807) is 6.92 Å². The van der Waals surface area contributed by atoms with Crippen LogP contribution in [0.4, 0.5) is 28.9 Å². The number of rotatable bonds is 13. The summed E-state index contributed by atoms with van der Waals surface area (Å²) in [4.78, 5) is 21.2. The van der Waals surface area contributed by atoms with E-state index in [0.29, 0.717) is 23.6 Å². The van der Waals surface area contributed by atoms with Gasteiger partial charge in [-0.15, -0.1) is 5.10 Å². The Morgan fingerprint density at radius 3 is 2.02 bits per heavy atom. The SMILES string of the molecule is CC[C@H](CC(=O)c1ccc(N2CCN(c3ccc(-c4ccc(C(F)(F)[C@](O)(Cn5cnnn5)c5ccc(F)cc5F)nc4)cc3)CC2)cc1)[C@H](C)O. The molecular weight excluding hydrogens is 678 g/mol. The second kappa shape index (κ2) is 15.2. The number of pyridine rings is 1. The third-order valence-electron chi connectivity index (χ3n) is 9.82. The summed E-state index contributed by atoms with van der Waals surface area (Å²) in [5.74, 6) is -6.53. The van der Waals surface area contributed by atoms with Gasteiger partial charge in [0.2, 0.25) is 0 Å². The Hall–Kier alpha value is -5.21. The number of aliphatic hydroxyl groups is 2. The van der Waals surface area contributed by atoms with Gasteiger partial charge in [-0.1, -0.05) is 31.5 Å². The number of ketones is 1. The molecular formula is C38H39F4N7O3. The number of piperazine rings is 1. The van der Waals surface area contributed by atoms with Crippen molar-refractivity contribution in [1.29, 1.82) is 0 Å². The van der Waals surface area contributed by atoms with Gasteiger partial charge in [0.05, 0.1) is 12.6 Å². The van der Waals surface area contributed by atoms with Gasteiger partial charge in [-0.25, -0.2) is 13.5 Å². The summed E-state index contributed by atoms with van der Waals surface area (Å²) in [6.07, 6.45) is 2.78. The van der Waals surface area contributed by atoms with Crippen LogP contribution < -0.4 is 9.80 Å². The number of carbonyl (C=O) groups is 1. The first-order chi connectivity index (χ1) is 24.9. The molecule has 0 unspecified atom stereocenters. The maximum absolute atomic E-state index is 16.1. The van der Waals surface area contributed by atoms with Crippen LogP contribution >= 0.6 is 0 Å². The molecule has 6 rings (SSSR count). The molecule has 0 radical (unpaired) electrons. The van der Waals surface area contributed by atoms with E-state index in [4.69, 9.17) is 0 Å². The van der Waals surface area contributed by atoms with Crippen LogP contribution in [0.5, 0.6) is 0 Å². The van der Waals surface area contributed by atoms with Gasteiger partial charge in [0.1, 0.15) is 23.7 Å². The summed E-state index contributed by atoms with van der Waals surface area (Å²) in [5, 5.41) is 31.6. The fourth-order valence-electron chi connectivity index (χ4n) is 6.59. The maximum atomic E-state index is 16.1. The minimum Gasteiger partial charge on any atom is -0.393 e. The molecule has 10 nitrogen and oxygen atoms in total. The highest BCUT2D eigenvalue weighted by atomic mass is 19.3. The van der Waals surface area contributed by atoms with Crippen molar-refractivity contribution in [1.82, 2.24) is 25.2 Å². The molecule has 1 aliphatic rings. The largest absolute Gasteiger partial charge is 0.393 e. The second-order valence-corrected chi connectivity index (χ2v) is 13.1. The van der Waals surface area contributed by atoms with Gasteiger partial charge >= 0.3 is 5.92 Å². The minimum atomic E-state index is -4.15. The number of hydrogen-bond acceptors (Lipinski definition) is 9. The molecule has 2 N–H and O–H groups in total. The number of anilines is 2. The smallest absolute Gasteiger partial charge is 0.323 e. The summed E-state index contributed by atoms with van der Waals surface area (Å²) >= 11 is 0. The number of benzene rings is 3. The molecule has 0 saturated carbocycles. The Balaban J connectivity index is 1.10. The van der Waals surface area contributed by atoms with Crippen LogP contribution in [0.15, 0.2) is 91.4 Å². The van der Waals surface area contributed by atoms with Crippen LogP contribution in [0, 0.1) is 17.6 Å². The molecule has 272 valence electrons. The number of Topliss-reactive ketones (excluding diaryl/α,β-unsaturated/α-hetero) is 1. The lowest BCUT2D eigenvalue weighted by atomic mass is 9.84. The predicted octanol–water partition coefficient (Wildman–Crippen LogP) is 6.00. The molecule has 3 aromatic carbocycles. The van der Waals surface area contributed by atoms with Crippen molar-refractivity contribution < 1.29 is 32.6 Å². The van der Waals surface area contributed by atoms with Crippen LogP contribution in [0.2, 0.25) is 0 Å². The van der Waals surface area contributed by atoms with E-state index < -0.39 is 47.1 Å². The van der Waals surface area contributed by atoms with Crippen molar-refractivity contribution in [2.45, 2.75) is 50.9 Å². The number of halogens is 4. The predicted molar refractivity (Wildman–Crippen MR) is 187 cm³/mol. The summed E-state index contributed by atoms with van der Waals surface area (Å²) in [6, 6.07) is 19.7. The molecule has 52 heavy (non-hydrogen) atoms. The zero-order valence-corrected chi connectivity index (χ0v) is 28.7. The average molecular weight is 718 g/mol. The monoisotopic (exact) mass is 717 g/mol. The summed E-state index contributed by atoms with van der Waals surface area (Å²) in [6.45, 7) is 5.83. The third-order valence-corrected chi connectivity index (χ3v) is 9.82. The second-order valence-electron chi connectivity index (χ2n) is 13.1. The molecule has 0 spiro atoms. The minimum absolute atomic E-state index is 0.0281. The quantitative estimate of drug-likeness (QED) is 0.112. The van der Waals surface area contributed by atoms with E-state index in [1.165, 1.54) is 12.3 Å². The van der Waals surface area contributed by atoms with Gasteiger partial charge in [0.15, 0.2) is 11.4 Å². The fraction of sp³-hybridized carbons (Fsp3) is 0.342. The van der Waals surface area contributed by atoms with Crippen LogP contribution in [0.1, 0.15) is 48.3 Å². The standard InChI is InChI=1S/C38H39F4N7O3/c1-3-26(25(2)50)20-35(51)28-6-12-32(13-7-28)48-18-16-47(17-19-48)31-10-4-27(5-11-31)29-8-15-36(43-22-29)38(41,42)37(52,23-49-24-44-45-46-49)33-14-9-30(39)21-34(33)40/h4-15,21-22,24-26,50,52H,3,16-20,23H2,1-2H3/t25-,26+,37-/m0/s1. The Bertz CT molecular complexity index is 1950. The highest BCUT2D eigenvalue weighted by Crippen LogP contribution is 2.47. The number of carbonyl (C=O) groups excluding carboxylic acids is 1. The lowest BCUT2D eigenvalue weighted by Crippen LogP contribution is -2.48. The Morgan fingerprint density at radius 2 is 1.50 bits per heavy atom. The number of hydrogen-bond donors (Lipinski definition) is 2. The van der Waals surface area contributed by atoms with E-state index in [1.807, 2.05) is 55.5 Å². The number of aromatic nitrogens is 5. The lowest BCUT2D eigenvalue weighted by molar-refractivity contribution is -0.207. The molecule has 0 aliphatic carbocycles. The number of tetrazole rings is 1. The van der Waals surface area contributed by atoms with Crippen molar-refractivity contribution >= 4 is 17.2 Å². The van der Waals surface area contributed by atoms with E-state index in [2.05, 4.69) is 30.3 Å². The van der Waals surface area contributed by atoms with Crippen molar-refractivity contribution in [2.75, 3.05) is 36.0 Å². The molecule has 5 aromatic rings. The summed E-state index contributed by atoms with van der Waals surface area (Å²) in [5.41, 5.74) is -0.935. The lowest BCUT2D eigenvalue weighted by Gasteiger charge is -2.37. The first-order valence-electron chi connectivity index (χ1n) is 17.0. The topological polar surface area (TPSA) is 121 Å². The van der Waals surface area contributed by atoms with Crippen molar-refractivity contribution in [3.63, 3.8) is 0 Å². The van der Waals surface area contributed by atoms with E-state index in [0.717, 1.165) is 78.7 Å². The molecule has 1 aliphatic heterocycles. The van der Waals surface area contributed by atoms with E-state index in [-0.39, 0.29) is 11.7 Å². The zero-order valence-electron chi connectivity index (χ0n) is 28.7. The van der Waals surface area contributed by atoms with Gasteiger partial charge in [-0.3, -0.25) is 9.78 Å². The molecule has 14 heteroatoms. The number of nitrogens with zero attached hydrogens (tertiary/aromatic N) is 7. The molecule has 2 aromatic heterocycles. The van der Waals surface area contributed by atoms with Gasteiger partial charge in [-0.2, -0.15) is 8.78 Å². The highest BCUT2D eigenvalue weighted by Gasteiger charge is 2.58. The molecule has 0 amide bonds. The van der Waals surface area contributed by atoms with Crippen molar-refractivity contribution in [3.05, 3.63) is 120 Å². The van der Waals surface area contributed by atoms with Crippen LogP contribution in [0.3, 0.4) is 0 Å².